The van der Waals surface area contributed by atoms with Gasteiger partial charge in [-0.3, -0.25) is 0 Å². The summed E-state index contributed by atoms with van der Waals surface area (Å²) in [7, 11) is 2.20. The highest BCUT2D eigenvalue weighted by atomic mass is 15.1. The van der Waals surface area contributed by atoms with E-state index in [-0.39, 0.29) is 0 Å². The van der Waals surface area contributed by atoms with Crippen molar-refractivity contribution in [2.75, 3.05) is 13.6 Å². The highest BCUT2D eigenvalue weighted by molar-refractivity contribution is 5.31. The lowest BCUT2D eigenvalue weighted by Gasteiger charge is -2.21. The number of aromatic amines is 1. The SMILES string of the molecule is CN1CCc2[nH]c(C3CC3)cc2C1. The van der Waals surface area contributed by atoms with Crippen LogP contribution >= 0.6 is 0 Å². The van der Waals surface area contributed by atoms with E-state index in [1.165, 1.54) is 42.8 Å². The Balaban J connectivity index is 1.93. The second-order valence-electron chi connectivity index (χ2n) is 4.49. The van der Waals surface area contributed by atoms with Crippen molar-refractivity contribution in [2.24, 2.45) is 0 Å². The molecule has 0 bridgehead atoms. The molecule has 0 aromatic carbocycles. The van der Waals surface area contributed by atoms with Crippen molar-refractivity contribution in [3.63, 3.8) is 0 Å². The largest absolute Gasteiger partial charge is 0.362 e. The number of rotatable bonds is 1. The summed E-state index contributed by atoms with van der Waals surface area (Å²) in [5.74, 6) is 0.871. The van der Waals surface area contributed by atoms with Crippen LogP contribution in [0.5, 0.6) is 0 Å². The fourth-order valence-corrected chi connectivity index (χ4v) is 2.22. The van der Waals surface area contributed by atoms with Crippen LogP contribution in [0, 0.1) is 0 Å². The number of H-pyrrole nitrogens is 1. The summed E-state index contributed by atoms with van der Waals surface area (Å²) in [4.78, 5) is 5.99. The highest BCUT2D eigenvalue weighted by Crippen LogP contribution is 2.40. The normalized spacial score (nSPS) is 23.2. The molecule has 2 heteroatoms. The molecule has 2 aliphatic rings. The summed E-state index contributed by atoms with van der Waals surface area (Å²) in [5, 5.41) is 0. The summed E-state index contributed by atoms with van der Waals surface area (Å²) in [6, 6.07) is 2.39. The molecule has 1 aromatic heterocycles. The highest BCUT2D eigenvalue weighted by Gasteiger charge is 2.27. The molecule has 1 aliphatic heterocycles. The number of aromatic nitrogens is 1. The molecule has 0 saturated heterocycles. The van der Waals surface area contributed by atoms with E-state index in [1.807, 2.05) is 0 Å². The molecule has 2 nitrogen and oxygen atoms in total. The van der Waals surface area contributed by atoms with Crippen molar-refractivity contribution in [1.29, 1.82) is 0 Å². The Morgan fingerprint density at radius 1 is 1.46 bits per heavy atom. The van der Waals surface area contributed by atoms with Crippen LogP contribution in [0.1, 0.15) is 35.7 Å². The molecule has 0 spiro atoms. The van der Waals surface area contributed by atoms with Gasteiger partial charge in [-0.25, -0.2) is 0 Å². The molecule has 1 N–H and O–H groups in total. The van der Waals surface area contributed by atoms with Gasteiger partial charge in [-0.15, -0.1) is 0 Å². The van der Waals surface area contributed by atoms with Gasteiger partial charge < -0.3 is 9.88 Å². The minimum atomic E-state index is 0.871. The third kappa shape index (κ3) is 1.29. The zero-order chi connectivity index (χ0) is 8.84. The summed E-state index contributed by atoms with van der Waals surface area (Å²) in [6.45, 7) is 2.34. The van der Waals surface area contributed by atoms with Gasteiger partial charge >= 0.3 is 0 Å². The maximum absolute atomic E-state index is 3.59. The van der Waals surface area contributed by atoms with E-state index in [2.05, 4.69) is 23.0 Å². The van der Waals surface area contributed by atoms with Crippen molar-refractivity contribution in [2.45, 2.75) is 31.7 Å². The smallest absolute Gasteiger partial charge is 0.0248 e. The minimum absolute atomic E-state index is 0.871. The van der Waals surface area contributed by atoms with Gasteiger partial charge in [0.1, 0.15) is 0 Å². The monoisotopic (exact) mass is 176 g/mol. The number of nitrogens with zero attached hydrogens (tertiary/aromatic N) is 1. The van der Waals surface area contributed by atoms with Gasteiger partial charge in [0.05, 0.1) is 0 Å². The van der Waals surface area contributed by atoms with Gasteiger partial charge in [-0.1, -0.05) is 0 Å². The van der Waals surface area contributed by atoms with E-state index in [0.29, 0.717) is 0 Å². The van der Waals surface area contributed by atoms with Crippen LogP contribution in [-0.2, 0) is 13.0 Å². The van der Waals surface area contributed by atoms with E-state index >= 15 is 0 Å². The molecule has 70 valence electrons. The first kappa shape index (κ1) is 7.63. The maximum atomic E-state index is 3.59. The van der Waals surface area contributed by atoms with E-state index < -0.39 is 0 Å². The van der Waals surface area contributed by atoms with Crippen molar-refractivity contribution >= 4 is 0 Å². The topological polar surface area (TPSA) is 19.0 Å². The number of nitrogens with one attached hydrogen (secondary N) is 1. The van der Waals surface area contributed by atoms with E-state index in [1.54, 1.807) is 0 Å². The van der Waals surface area contributed by atoms with Crippen molar-refractivity contribution in [3.05, 3.63) is 23.0 Å². The minimum Gasteiger partial charge on any atom is -0.362 e. The van der Waals surface area contributed by atoms with Gasteiger partial charge in [-0.2, -0.15) is 0 Å². The van der Waals surface area contributed by atoms with Crippen LogP contribution in [0.15, 0.2) is 6.07 Å². The van der Waals surface area contributed by atoms with Crippen LogP contribution in [0.3, 0.4) is 0 Å². The average Bonchev–Trinajstić information content (AvgIpc) is 2.87. The van der Waals surface area contributed by atoms with Gasteiger partial charge in [0.2, 0.25) is 0 Å². The molecule has 0 unspecified atom stereocenters. The first-order valence-electron chi connectivity index (χ1n) is 5.22. The lowest BCUT2D eigenvalue weighted by Crippen LogP contribution is -2.25. The first-order valence-corrected chi connectivity index (χ1v) is 5.22. The van der Waals surface area contributed by atoms with E-state index in [0.717, 1.165) is 12.5 Å². The predicted octanol–water partition coefficient (Wildman–Crippen LogP) is 1.88. The lowest BCUT2D eigenvalue weighted by molar-refractivity contribution is 0.312. The van der Waals surface area contributed by atoms with Gasteiger partial charge in [0.15, 0.2) is 0 Å². The average molecular weight is 176 g/mol. The molecular formula is C11H16N2. The summed E-state index contributed by atoms with van der Waals surface area (Å²) in [5.41, 5.74) is 4.54. The second kappa shape index (κ2) is 2.61. The maximum Gasteiger partial charge on any atom is 0.0248 e. The molecule has 1 aromatic rings. The summed E-state index contributed by atoms with van der Waals surface area (Å²) < 4.78 is 0. The van der Waals surface area contributed by atoms with Crippen molar-refractivity contribution < 1.29 is 0 Å². The Kier molecular flexibility index (Phi) is 1.53. The standard InChI is InChI=1S/C11H16N2/c1-13-5-4-10-9(7-13)6-11(12-10)8-2-3-8/h6,8,12H,2-5,7H2,1H3. The third-order valence-electron chi connectivity index (χ3n) is 3.21. The summed E-state index contributed by atoms with van der Waals surface area (Å²) in [6.07, 6.45) is 4.00. The number of hydrogen-bond donors (Lipinski definition) is 1. The molecule has 0 amide bonds. The zero-order valence-corrected chi connectivity index (χ0v) is 8.14. The molecule has 0 atom stereocenters. The van der Waals surface area contributed by atoms with Crippen molar-refractivity contribution in [3.8, 4) is 0 Å². The molecule has 2 heterocycles. The lowest BCUT2D eigenvalue weighted by atomic mass is 10.1. The van der Waals surface area contributed by atoms with Crippen LogP contribution in [0.4, 0.5) is 0 Å². The first-order chi connectivity index (χ1) is 6.33. The fourth-order valence-electron chi connectivity index (χ4n) is 2.22. The van der Waals surface area contributed by atoms with Crippen LogP contribution in [-0.4, -0.2) is 23.5 Å². The molecule has 13 heavy (non-hydrogen) atoms. The number of hydrogen-bond acceptors (Lipinski definition) is 1. The number of fused-ring (bicyclic) bond motifs is 1. The van der Waals surface area contributed by atoms with Gasteiger partial charge in [0.25, 0.3) is 0 Å². The Morgan fingerprint density at radius 2 is 2.31 bits per heavy atom. The number of likely N-dealkylation sites (N-methyl/N-ethyl adjacent to an activating group) is 1. The Morgan fingerprint density at radius 3 is 3.08 bits per heavy atom. The molecule has 1 saturated carbocycles. The van der Waals surface area contributed by atoms with Crippen LogP contribution in [0.25, 0.3) is 0 Å². The van der Waals surface area contributed by atoms with Crippen LogP contribution < -0.4 is 0 Å². The zero-order valence-electron chi connectivity index (χ0n) is 8.14. The van der Waals surface area contributed by atoms with E-state index in [9.17, 15) is 0 Å². The molecule has 3 rings (SSSR count). The quantitative estimate of drug-likeness (QED) is 0.692. The van der Waals surface area contributed by atoms with E-state index in [4.69, 9.17) is 0 Å². The molecule has 1 aliphatic carbocycles. The molecule has 1 fully saturated rings. The Bertz CT molecular complexity index is 323. The molecule has 0 radical (unpaired) electrons. The van der Waals surface area contributed by atoms with Crippen LogP contribution in [0.2, 0.25) is 0 Å². The van der Waals surface area contributed by atoms with Gasteiger partial charge in [0, 0.05) is 30.9 Å². The Hall–Kier alpha value is -0.760. The third-order valence-corrected chi connectivity index (χ3v) is 3.21. The fraction of sp³-hybridized carbons (Fsp3) is 0.636. The Labute approximate surface area is 78.9 Å². The summed E-state index contributed by atoms with van der Waals surface area (Å²) >= 11 is 0. The predicted molar refractivity (Wildman–Crippen MR) is 52.8 cm³/mol. The van der Waals surface area contributed by atoms with Crippen molar-refractivity contribution in [1.82, 2.24) is 9.88 Å². The molecular weight excluding hydrogens is 160 g/mol. The van der Waals surface area contributed by atoms with Gasteiger partial charge in [-0.05, 0) is 37.4 Å². The second-order valence-corrected chi connectivity index (χ2v) is 4.49.